The van der Waals surface area contributed by atoms with Gasteiger partial charge < -0.3 is 15.7 Å². The number of carbonyl (C=O) groups is 3. The third kappa shape index (κ3) is 5.80. The second-order valence-electron chi connectivity index (χ2n) is 5.79. The second-order valence-corrected chi connectivity index (χ2v) is 7.87. The van der Waals surface area contributed by atoms with Crippen molar-refractivity contribution in [2.75, 3.05) is 16.4 Å². The fourth-order valence-electron chi connectivity index (χ4n) is 2.31. The topological polar surface area (TPSA) is 108 Å². The predicted molar refractivity (Wildman–Crippen MR) is 111 cm³/mol. The zero-order valence-corrected chi connectivity index (χ0v) is 16.3. The normalized spacial score (nSPS) is 10.6. The number of carboxylic acids is 1. The first-order valence-corrected chi connectivity index (χ1v) is 10.2. The Balaban J connectivity index is 1.46. The van der Waals surface area contributed by atoms with Crippen LogP contribution in [-0.4, -0.2) is 33.6 Å². The highest BCUT2D eigenvalue weighted by Crippen LogP contribution is 2.26. The summed E-state index contributed by atoms with van der Waals surface area (Å²) in [4.78, 5) is 39.5. The van der Waals surface area contributed by atoms with Gasteiger partial charge in [-0.25, -0.2) is 4.98 Å². The SMILES string of the molecule is O=C(O)CCC(=O)Nc1ccc(SCC(=O)Nc2nc3ccccc3s2)cc1. The van der Waals surface area contributed by atoms with E-state index in [1.54, 1.807) is 24.3 Å². The molecule has 0 bridgehead atoms. The average molecular weight is 415 g/mol. The number of nitrogens with one attached hydrogen (secondary N) is 2. The van der Waals surface area contributed by atoms with Crippen LogP contribution in [0.4, 0.5) is 10.8 Å². The van der Waals surface area contributed by atoms with Crippen LogP contribution >= 0.6 is 23.1 Å². The number of hydrogen-bond acceptors (Lipinski definition) is 6. The summed E-state index contributed by atoms with van der Waals surface area (Å²) in [5.41, 5.74) is 1.44. The van der Waals surface area contributed by atoms with E-state index in [0.29, 0.717) is 10.8 Å². The summed E-state index contributed by atoms with van der Waals surface area (Å²) < 4.78 is 1.02. The number of hydrogen-bond donors (Lipinski definition) is 3. The van der Waals surface area contributed by atoms with Gasteiger partial charge >= 0.3 is 5.97 Å². The van der Waals surface area contributed by atoms with Crippen LogP contribution in [0.3, 0.4) is 0 Å². The number of nitrogens with zero attached hydrogens (tertiary/aromatic N) is 1. The molecule has 1 aromatic heterocycles. The first-order chi connectivity index (χ1) is 13.5. The summed E-state index contributed by atoms with van der Waals surface area (Å²) in [5, 5.41) is 14.6. The van der Waals surface area contributed by atoms with Gasteiger partial charge in [0.25, 0.3) is 0 Å². The minimum atomic E-state index is -1.01. The molecule has 0 atom stereocenters. The van der Waals surface area contributed by atoms with E-state index in [-0.39, 0.29) is 30.4 Å². The Morgan fingerprint density at radius 1 is 0.964 bits per heavy atom. The zero-order valence-electron chi connectivity index (χ0n) is 14.7. The number of carbonyl (C=O) groups excluding carboxylic acids is 2. The zero-order chi connectivity index (χ0) is 19.9. The van der Waals surface area contributed by atoms with Crippen molar-refractivity contribution < 1.29 is 19.5 Å². The Labute approximate surface area is 169 Å². The molecular weight excluding hydrogens is 398 g/mol. The number of fused-ring (bicyclic) bond motifs is 1. The molecule has 9 heteroatoms. The van der Waals surface area contributed by atoms with Gasteiger partial charge in [-0.2, -0.15) is 0 Å². The molecule has 0 fully saturated rings. The molecule has 3 rings (SSSR count). The van der Waals surface area contributed by atoms with Crippen molar-refractivity contribution in [1.29, 1.82) is 0 Å². The van der Waals surface area contributed by atoms with E-state index in [4.69, 9.17) is 5.11 Å². The quantitative estimate of drug-likeness (QED) is 0.483. The molecule has 0 saturated heterocycles. The first kappa shape index (κ1) is 19.8. The molecule has 0 radical (unpaired) electrons. The van der Waals surface area contributed by atoms with E-state index in [0.717, 1.165) is 15.1 Å². The molecule has 28 heavy (non-hydrogen) atoms. The maximum Gasteiger partial charge on any atom is 0.303 e. The second kappa shape index (κ2) is 9.34. The molecule has 3 aromatic rings. The number of aliphatic carboxylic acids is 1. The lowest BCUT2D eigenvalue weighted by atomic mass is 10.2. The summed E-state index contributed by atoms with van der Waals surface area (Å²) >= 11 is 2.80. The minimum Gasteiger partial charge on any atom is -0.481 e. The molecule has 1 heterocycles. The third-order valence-corrected chi connectivity index (χ3v) is 5.58. The number of benzene rings is 2. The largest absolute Gasteiger partial charge is 0.481 e. The van der Waals surface area contributed by atoms with Gasteiger partial charge in [-0.3, -0.25) is 14.4 Å². The van der Waals surface area contributed by atoms with Crippen LogP contribution in [0.2, 0.25) is 0 Å². The molecule has 0 aliphatic heterocycles. The van der Waals surface area contributed by atoms with Gasteiger partial charge in [0, 0.05) is 17.0 Å². The number of rotatable bonds is 8. The number of anilines is 2. The van der Waals surface area contributed by atoms with Gasteiger partial charge in [0.05, 0.1) is 22.4 Å². The minimum absolute atomic E-state index is 0.0717. The average Bonchev–Trinajstić information content (AvgIpc) is 3.08. The van der Waals surface area contributed by atoms with Crippen molar-refractivity contribution in [1.82, 2.24) is 4.98 Å². The van der Waals surface area contributed by atoms with Crippen molar-refractivity contribution in [3.63, 3.8) is 0 Å². The van der Waals surface area contributed by atoms with Crippen LogP contribution in [0.1, 0.15) is 12.8 Å². The highest BCUT2D eigenvalue weighted by molar-refractivity contribution is 8.00. The monoisotopic (exact) mass is 415 g/mol. The Morgan fingerprint density at radius 2 is 1.71 bits per heavy atom. The lowest BCUT2D eigenvalue weighted by Gasteiger charge is -2.06. The Kier molecular flexibility index (Phi) is 6.62. The third-order valence-electron chi connectivity index (χ3n) is 3.61. The molecule has 0 unspecified atom stereocenters. The van der Waals surface area contributed by atoms with Gasteiger partial charge in [-0.05, 0) is 36.4 Å². The molecule has 7 nitrogen and oxygen atoms in total. The molecule has 2 amide bonds. The highest BCUT2D eigenvalue weighted by atomic mass is 32.2. The number of carboxylic acid groups (broad SMARTS) is 1. The maximum absolute atomic E-state index is 12.1. The molecule has 0 spiro atoms. The Hall–Kier alpha value is -2.91. The number of para-hydroxylation sites is 1. The maximum atomic E-state index is 12.1. The van der Waals surface area contributed by atoms with E-state index in [2.05, 4.69) is 15.6 Å². The van der Waals surface area contributed by atoms with E-state index in [1.807, 2.05) is 24.3 Å². The number of thiazole rings is 1. The lowest BCUT2D eigenvalue weighted by Crippen LogP contribution is -2.14. The van der Waals surface area contributed by atoms with Crippen LogP contribution in [0.15, 0.2) is 53.4 Å². The van der Waals surface area contributed by atoms with Crippen LogP contribution < -0.4 is 10.6 Å². The smallest absolute Gasteiger partial charge is 0.303 e. The van der Waals surface area contributed by atoms with Crippen LogP contribution in [0.25, 0.3) is 10.2 Å². The van der Waals surface area contributed by atoms with Crippen LogP contribution in [0, 0.1) is 0 Å². The molecule has 144 valence electrons. The van der Waals surface area contributed by atoms with Crippen LogP contribution in [-0.2, 0) is 14.4 Å². The predicted octanol–water partition coefficient (Wildman–Crippen LogP) is 3.83. The van der Waals surface area contributed by atoms with Crippen molar-refractivity contribution >= 4 is 61.9 Å². The summed E-state index contributed by atoms with van der Waals surface area (Å²) in [6, 6.07) is 14.7. The van der Waals surface area contributed by atoms with Gasteiger partial charge in [-0.15, -0.1) is 11.8 Å². The number of amides is 2. The van der Waals surface area contributed by atoms with E-state index < -0.39 is 5.97 Å². The van der Waals surface area contributed by atoms with Gasteiger partial charge in [0.2, 0.25) is 11.8 Å². The van der Waals surface area contributed by atoms with Crippen molar-refractivity contribution in [2.45, 2.75) is 17.7 Å². The summed E-state index contributed by atoms with van der Waals surface area (Å²) in [5.74, 6) is -1.26. The van der Waals surface area contributed by atoms with Crippen molar-refractivity contribution in [3.05, 3.63) is 48.5 Å². The Morgan fingerprint density at radius 3 is 2.43 bits per heavy atom. The molecule has 0 aliphatic rings. The van der Waals surface area contributed by atoms with Crippen molar-refractivity contribution in [2.24, 2.45) is 0 Å². The van der Waals surface area contributed by atoms with E-state index in [9.17, 15) is 14.4 Å². The summed E-state index contributed by atoms with van der Waals surface area (Å²) in [6.45, 7) is 0. The molecule has 3 N–H and O–H groups in total. The molecule has 0 aliphatic carbocycles. The number of thioether (sulfide) groups is 1. The fourth-order valence-corrected chi connectivity index (χ4v) is 3.89. The number of aromatic nitrogens is 1. The van der Waals surface area contributed by atoms with Gasteiger partial charge in [0.15, 0.2) is 5.13 Å². The van der Waals surface area contributed by atoms with Gasteiger partial charge in [0.1, 0.15) is 0 Å². The standard InChI is InChI=1S/C19H17N3O4S2/c23-16(9-10-18(25)26)20-12-5-7-13(8-6-12)27-11-17(24)22-19-21-14-3-1-2-4-15(14)28-19/h1-8H,9-11H2,(H,20,23)(H,25,26)(H,21,22,24). The van der Waals surface area contributed by atoms with Crippen molar-refractivity contribution in [3.8, 4) is 0 Å². The lowest BCUT2D eigenvalue weighted by molar-refractivity contribution is -0.138. The van der Waals surface area contributed by atoms with E-state index in [1.165, 1.54) is 23.1 Å². The summed E-state index contributed by atoms with van der Waals surface area (Å²) in [7, 11) is 0. The first-order valence-electron chi connectivity index (χ1n) is 8.39. The fraction of sp³-hybridized carbons (Fsp3) is 0.158. The Bertz CT molecular complexity index is 969. The van der Waals surface area contributed by atoms with Gasteiger partial charge in [-0.1, -0.05) is 23.5 Å². The van der Waals surface area contributed by atoms with E-state index >= 15 is 0 Å². The molecule has 0 saturated carbocycles. The highest BCUT2D eigenvalue weighted by Gasteiger charge is 2.09. The van der Waals surface area contributed by atoms with Crippen LogP contribution in [0.5, 0.6) is 0 Å². The summed E-state index contributed by atoms with van der Waals surface area (Å²) in [6.07, 6.45) is -0.276. The molecular formula is C19H17N3O4S2. The molecule has 2 aromatic carbocycles.